The van der Waals surface area contributed by atoms with E-state index in [1.165, 1.54) is 5.56 Å². The third-order valence-electron chi connectivity index (χ3n) is 3.48. The maximum atomic E-state index is 11.2. The number of carbonyl (C=O) groups is 1. The number of nitrogens with one attached hydrogen (secondary N) is 1. The van der Waals surface area contributed by atoms with Gasteiger partial charge in [-0.05, 0) is 42.7 Å². The van der Waals surface area contributed by atoms with Crippen LogP contribution in [0.4, 0.5) is 5.69 Å². The first kappa shape index (κ1) is 13.8. The first-order valence-electron chi connectivity index (χ1n) is 6.59. The van der Waals surface area contributed by atoms with Crippen molar-refractivity contribution in [3.8, 4) is 0 Å². The van der Waals surface area contributed by atoms with E-state index in [1.807, 2.05) is 12.1 Å². The SMILES string of the molecule is O=C(O)c1ccccc1NN=C1CCc2cc(Br)ccc21. The predicted molar refractivity (Wildman–Crippen MR) is 86.0 cm³/mol. The summed E-state index contributed by atoms with van der Waals surface area (Å²) in [6.07, 6.45) is 1.81. The molecular formula is C16H13BrN2O2. The van der Waals surface area contributed by atoms with Crippen LogP contribution < -0.4 is 5.43 Å². The summed E-state index contributed by atoms with van der Waals surface area (Å²) in [5, 5.41) is 13.5. The second-order valence-electron chi connectivity index (χ2n) is 4.82. The van der Waals surface area contributed by atoms with Gasteiger partial charge in [0.2, 0.25) is 0 Å². The third-order valence-corrected chi connectivity index (χ3v) is 3.97. The number of para-hydroxylation sites is 1. The van der Waals surface area contributed by atoms with Crippen molar-refractivity contribution >= 4 is 33.3 Å². The van der Waals surface area contributed by atoms with Crippen LogP contribution in [0.25, 0.3) is 0 Å². The lowest BCUT2D eigenvalue weighted by Gasteiger charge is -2.06. The van der Waals surface area contributed by atoms with Crippen LogP contribution in [0.5, 0.6) is 0 Å². The van der Waals surface area contributed by atoms with E-state index < -0.39 is 5.97 Å². The summed E-state index contributed by atoms with van der Waals surface area (Å²) in [7, 11) is 0. The van der Waals surface area contributed by atoms with Crippen LogP contribution >= 0.6 is 15.9 Å². The van der Waals surface area contributed by atoms with Crippen molar-refractivity contribution in [1.82, 2.24) is 0 Å². The summed E-state index contributed by atoms with van der Waals surface area (Å²) in [4.78, 5) is 11.2. The van der Waals surface area contributed by atoms with Gasteiger partial charge in [0.05, 0.1) is 17.0 Å². The molecule has 0 spiro atoms. The number of hydrogen-bond acceptors (Lipinski definition) is 3. The molecule has 5 heteroatoms. The van der Waals surface area contributed by atoms with Crippen molar-refractivity contribution in [2.75, 3.05) is 5.43 Å². The number of aryl methyl sites for hydroxylation is 1. The first-order valence-corrected chi connectivity index (χ1v) is 7.38. The number of hydrazone groups is 1. The molecule has 0 unspecified atom stereocenters. The molecule has 1 aliphatic carbocycles. The molecule has 0 saturated carbocycles. The topological polar surface area (TPSA) is 61.7 Å². The summed E-state index contributed by atoms with van der Waals surface area (Å²) in [5.41, 5.74) is 6.95. The Bertz CT molecular complexity index is 741. The maximum Gasteiger partial charge on any atom is 0.337 e. The lowest BCUT2D eigenvalue weighted by molar-refractivity contribution is 0.0698. The second kappa shape index (κ2) is 5.69. The van der Waals surface area contributed by atoms with Gasteiger partial charge in [-0.2, -0.15) is 5.10 Å². The summed E-state index contributed by atoms with van der Waals surface area (Å²) in [6, 6.07) is 12.9. The monoisotopic (exact) mass is 344 g/mol. The van der Waals surface area contributed by atoms with E-state index in [4.69, 9.17) is 5.11 Å². The number of rotatable bonds is 3. The van der Waals surface area contributed by atoms with E-state index in [-0.39, 0.29) is 5.56 Å². The summed E-state index contributed by atoms with van der Waals surface area (Å²) < 4.78 is 1.06. The molecule has 2 N–H and O–H groups in total. The summed E-state index contributed by atoms with van der Waals surface area (Å²) >= 11 is 3.47. The molecule has 0 radical (unpaired) electrons. The summed E-state index contributed by atoms with van der Waals surface area (Å²) in [6.45, 7) is 0. The van der Waals surface area contributed by atoms with Gasteiger partial charge in [-0.3, -0.25) is 5.43 Å². The minimum absolute atomic E-state index is 0.218. The number of benzene rings is 2. The van der Waals surface area contributed by atoms with E-state index in [2.05, 4.69) is 32.5 Å². The predicted octanol–water partition coefficient (Wildman–Crippen LogP) is 3.91. The Morgan fingerprint density at radius 3 is 2.81 bits per heavy atom. The minimum atomic E-state index is -0.964. The van der Waals surface area contributed by atoms with E-state index in [0.29, 0.717) is 5.69 Å². The number of halogens is 1. The van der Waals surface area contributed by atoms with E-state index in [9.17, 15) is 4.79 Å². The van der Waals surface area contributed by atoms with Crippen molar-refractivity contribution in [3.63, 3.8) is 0 Å². The Kier molecular flexibility index (Phi) is 3.75. The van der Waals surface area contributed by atoms with E-state index in [1.54, 1.807) is 24.3 Å². The highest BCUT2D eigenvalue weighted by atomic mass is 79.9. The molecule has 0 fully saturated rings. The van der Waals surface area contributed by atoms with Gasteiger partial charge >= 0.3 is 5.97 Å². The molecule has 0 aliphatic heterocycles. The fourth-order valence-electron chi connectivity index (χ4n) is 2.45. The molecule has 2 aromatic rings. The van der Waals surface area contributed by atoms with Crippen molar-refractivity contribution in [2.24, 2.45) is 5.10 Å². The molecule has 0 atom stereocenters. The highest BCUT2D eigenvalue weighted by Crippen LogP contribution is 2.26. The van der Waals surface area contributed by atoms with Crippen LogP contribution in [-0.2, 0) is 6.42 Å². The number of aromatic carboxylic acids is 1. The van der Waals surface area contributed by atoms with Crippen molar-refractivity contribution < 1.29 is 9.90 Å². The molecule has 2 aromatic carbocycles. The number of nitrogens with zero attached hydrogens (tertiary/aromatic N) is 1. The van der Waals surface area contributed by atoms with Gasteiger partial charge in [0.25, 0.3) is 0 Å². The quantitative estimate of drug-likeness (QED) is 0.829. The van der Waals surface area contributed by atoms with Gasteiger partial charge in [0.15, 0.2) is 0 Å². The van der Waals surface area contributed by atoms with E-state index >= 15 is 0 Å². The normalized spacial score (nSPS) is 15.0. The van der Waals surface area contributed by atoms with Crippen molar-refractivity contribution in [2.45, 2.75) is 12.8 Å². The zero-order valence-corrected chi connectivity index (χ0v) is 12.7. The molecular weight excluding hydrogens is 332 g/mol. The van der Waals surface area contributed by atoms with Crippen LogP contribution in [0.3, 0.4) is 0 Å². The second-order valence-corrected chi connectivity index (χ2v) is 5.74. The highest BCUT2D eigenvalue weighted by Gasteiger charge is 2.18. The van der Waals surface area contributed by atoms with Crippen LogP contribution in [0.1, 0.15) is 27.9 Å². The standard InChI is InChI=1S/C16H13BrN2O2/c17-11-6-7-12-10(9-11)5-8-15(12)19-18-14-4-2-1-3-13(14)16(20)21/h1-4,6-7,9,18H,5,8H2,(H,20,21). The van der Waals surface area contributed by atoms with Gasteiger partial charge < -0.3 is 5.11 Å². The lowest BCUT2D eigenvalue weighted by atomic mass is 10.1. The first-order chi connectivity index (χ1) is 10.1. The number of carboxylic acids is 1. The zero-order chi connectivity index (χ0) is 14.8. The van der Waals surface area contributed by atoms with Crippen molar-refractivity contribution in [3.05, 3.63) is 63.6 Å². The Hall–Kier alpha value is -2.14. The highest BCUT2D eigenvalue weighted by molar-refractivity contribution is 9.10. The average molecular weight is 345 g/mol. The van der Waals surface area contributed by atoms with E-state index in [0.717, 1.165) is 28.6 Å². The third kappa shape index (κ3) is 2.83. The number of carboxylic acid groups (broad SMARTS) is 1. The fraction of sp³-hybridized carbons (Fsp3) is 0.125. The molecule has 1 aliphatic rings. The van der Waals surface area contributed by atoms with Crippen LogP contribution in [0.2, 0.25) is 0 Å². The van der Waals surface area contributed by atoms with Gasteiger partial charge in [-0.15, -0.1) is 0 Å². The average Bonchev–Trinajstić information content (AvgIpc) is 2.87. The molecule has 0 heterocycles. The molecule has 21 heavy (non-hydrogen) atoms. The van der Waals surface area contributed by atoms with Gasteiger partial charge in [0.1, 0.15) is 0 Å². The smallest absolute Gasteiger partial charge is 0.337 e. The van der Waals surface area contributed by atoms with Crippen LogP contribution in [-0.4, -0.2) is 16.8 Å². The van der Waals surface area contributed by atoms with Gasteiger partial charge in [0, 0.05) is 10.0 Å². The molecule has 106 valence electrons. The Labute approximate surface area is 130 Å². The number of anilines is 1. The summed E-state index contributed by atoms with van der Waals surface area (Å²) in [5.74, 6) is -0.964. The minimum Gasteiger partial charge on any atom is -0.478 e. The Morgan fingerprint density at radius 1 is 1.19 bits per heavy atom. The van der Waals surface area contributed by atoms with Gasteiger partial charge in [-0.25, -0.2) is 4.79 Å². The molecule has 3 rings (SSSR count). The molecule has 0 saturated heterocycles. The van der Waals surface area contributed by atoms with Crippen molar-refractivity contribution in [1.29, 1.82) is 0 Å². The largest absolute Gasteiger partial charge is 0.478 e. The molecule has 4 nitrogen and oxygen atoms in total. The zero-order valence-electron chi connectivity index (χ0n) is 11.1. The number of fused-ring (bicyclic) bond motifs is 1. The Morgan fingerprint density at radius 2 is 2.00 bits per heavy atom. The molecule has 0 amide bonds. The molecule has 0 aromatic heterocycles. The fourth-order valence-corrected chi connectivity index (χ4v) is 2.86. The van der Waals surface area contributed by atoms with Crippen LogP contribution in [0, 0.1) is 0 Å². The Balaban J connectivity index is 1.88. The maximum absolute atomic E-state index is 11.2. The van der Waals surface area contributed by atoms with Gasteiger partial charge in [-0.1, -0.05) is 34.1 Å². The molecule has 0 bridgehead atoms. The van der Waals surface area contributed by atoms with Crippen LogP contribution in [0.15, 0.2) is 52.0 Å². The number of hydrogen-bond donors (Lipinski definition) is 2. The lowest BCUT2D eigenvalue weighted by Crippen LogP contribution is -2.04.